The van der Waals surface area contributed by atoms with Crippen LogP contribution in [0.3, 0.4) is 0 Å². The van der Waals surface area contributed by atoms with E-state index in [1.165, 1.54) is 0 Å². The third-order valence-corrected chi connectivity index (χ3v) is 3.53. The molecule has 1 aromatic rings. The van der Waals surface area contributed by atoms with Crippen LogP contribution in [0.4, 0.5) is 10.5 Å². The first-order valence-corrected chi connectivity index (χ1v) is 5.77. The lowest BCUT2D eigenvalue weighted by Gasteiger charge is -2.23. The lowest BCUT2D eigenvalue weighted by Crippen LogP contribution is -2.36. The summed E-state index contributed by atoms with van der Waals surface area (Å²) < 4.78 is 0. The molecule has 0 spiro atoms. The van der Waals surface area contributed by atoms with E-state index in [-0.39, 0.29) is 11.1 Å². The standard InChI is InChI=1S/C11H12N2O2S/c1-7-3-5-8(6-4-7)13(2)10-9(14)12-11(15)16-10/h3-6,10H,1-2H3,(H,12,14,15)/t10-/m1/s1. The number of benzene rings is 1. The minimum absolute atomic E-state index is 0.252. The lowest BCUT2D eigenvalue weighted by molar-refractivity contribution is -0.118. The van der Waals surface area contributed by atoms with Crippen LogP contribution in [0, 0.1) is 6.92 Å². The Labute approximate surface area is 98.0 Å². The van der Waals surface area contributed by atoms with Crippen molar-refractivity contribution in [2.75, 3.05) is 11.9 Å². The Hall–Kier alpha value is -1.49. The fraction of sp³-hybridized carbons (Fsp3) is 0.273. The Bertz CT molecular complexity index is 430. The molecule has 1 aliphatic heterocycles. The number of aryl methyl sites for hydroxylation is 1. The summed E-state index contributed by atoms with van der Waals surface area (Å²) in [7, 11) is 1.81. The molecule has 84 valence electrons. The Kier molecular flexibility index (Phi) is 2.87. The predicted octanol–water partition coefficient (Wildman–Crippen LogP) is 1.74. The maximum atomic E-state index is 11.5. The highest BCUT2D eigenvalue weighted by atomic mass is 32.2. The summed E-state index contributed by atoms with van der Waals surface area (Å²) in [5, 5.41) is 1.53. The molecule has 0 bridgehead atoms. The molecule has 1 atom stereocenters. The van der Waals surface area contributed by atoms with E-state index in [2.05, 4.69) is 5.32 Å². The predicted molar refractivity (Wildman–Crippen MR) is 64.5 cm³/mol. The van der Waals surface area contributed by atoms with E-state index < -0.39 is 5.37 Å². The number of carbonyl (C=O) groups is 2. The number of carbonyl (C=O) groups excluding carboxylic acids is 2. The first-order valence-electron chi connectivity index (χ1n) is 4.89. The van der Waals surface area contributed by atoms with Crippen molar-refractivity contribution in [3.63, 3.8) is 0 Å². The van der Waals surface area contributed by atoms with E-state index >= 15 is 0 Å². The maximum Gasteiger partial charge on any atom is 0.288 e. The van der Waals surface area contributed by atoms with Crippen molar-refractivity contribution in [1.82, 2.24) is 5.32 Å². The second-order valence-electron chi connectivity index (χ2n) is 3.69. The minimum Gasteiger partial charge on any atom is -0.354 e. The Morgan fingerprint density at radius 3 is 2.38 bits per heavy atom. The van der Waals surface area contributed by atoms with Crippen LogP contribution in [0.15, 0.2) is 24.3 Å². The van der Waals surface area contributed by atoms with Crippen LogP contribution in [0.2, 0.25) is 0 Å². The second-order valence-corrected chi connectivity index (χ2v) is 4.75. The summed E-state index contributed by atoms with van der Waals surface area (Å²) in [6, 6.07) is 7.83. The van der Waals surface area contributed by atoms with Crippen LogP contribution in [-0.2, 0) is 4.79 Å². The first kappa shape index (κ1) is 11.0. The van der Waals surface area contributed by atoms with Crippen molar-refractivity contribution >= 4 is 28.6 Å². The van der Waals surface area contributed by atoms with E-state index in [0.29, 0.717) is 0 Å². The van der Waals surface area contributed by atoms with E-state index in [4.69, 9.17) is 0 Å². The average molecular weight is 236 g/mol. The third-order valence-electron chi connectivity index (χ3n) is 2.46. The number of hydrogen-bond donors (Lipinski definition) is 1. The number of anilines is 1. The van der Waals surface area contributed by atoms with Crippen molar-refractivity contribution < 1.29 is 9.59 Å². The van der Waals surface area contributed by atoms with Crippen molar-refractivity contribution in [2.24, 2.45) is 0 Å². The van der Waals surface area contributed by atoms with Crippen LogP contribution in [0.1, 0.15) is 5.56 Å². The van der Waals surface area contributed by atoms with Gasteiger partial charge in [-0.2, -0.15) is 0 Å². The highest BCUT2D eigenvalue weighted by molar-refractivity contribution is 8.15. The normalized spacial score (nSPS) is 19.8. The Balaban J connectivity index is 2.19. The smallest absolute Gasteiger partial charge is 0.288 e. The molecular weight excluding hydrogens is 224 g/mol. The molecule has 0 saturated carbocycles. The molecule has 1 heterocycles. The van der Waals surface area contributed by atoms with Crippen molar-refractivity contribution in [1.29, 1.82) is 0 Å². The van der Waals surface area contributed by atoms with Gasteiger partial charge in [0, 0.05) is 12.7 Å². The van der Waals surface area contributed by atoms with Gasteiger partial charge < -0.3 is 4.90 Å². The van der Waals surface area contributed by atoms with E-state index in [1.54, 1.807) is 11.9 Å². The van der Waals surface area contributed by atoms with Gasteiger partial charge in [-0.15, -0.1) is 0 Å². The number of nitrogens with one attached hydrogen (secondary N) is 1. The molecule has 2 rings (SSSR count). The lowest BCUT2D eigenvalue weighted by atomic mass is 10.2. The summed E-state index contributed by atoms with van der Waals surface area (Å²) in [6.45, 7) is 2.00. The molecule has 1 aliphatic rings. The molecule has 1 fully saturated rings. The van der Waals surface area contributed by atoms with Crippen LogP contribution in [0.25, 0.3) is 0 Å². The van der Waals surface area contributed by atoms with Gasteiger partial charge in [0.2, 0.25) is 0 Å². The molecule has 0 aliphatic carbocycles. The zero-order chi connectivity index (χ0) is 11.7. The van der Waals surface area contributed by atoms with Gasteiger partial charge in [-0.25, -0.2) is 0 Å². The summed E-state index contributed by atoms with van der Waals surface area (Å²) in [5.74, 6) is -0.252. The number of hydrogen-bond acceptors (Lipinski definition) is 4. The van der Waals surface area contributed by atoms with Crippen LogP contribution in [-0.4, -0.2) is 23.6 Å². The molecule has 0 aromatic heterocycles. The van der Waals surface area contributed by atoms with Gasteiger partial charge in [0.05, 0.1) is 0 Å². The number of amides is 2. The minimum atomic E-state index is -0.463. The molecule has 16 heavy (non-hydrogen) atoms. The molecule has 1 saturated heterocycles. The third kappa shape index (κ3) is 2.04. The Morgan fingerprint density at radius 2 is 1.88 bits per heavy atom. The van der Waals surface area contributed by atoms with Gasteiger partial charge in [0.1, 0.15) is 0 Å². The summed E-state index contributed by atoms with van der Waals surface area (Å²) in [5.41, 5.74) is 2.09. The molecule has 0 unspecified atom stereocenters. The summed E-state index contributed by atoms with van der Waals surface area (Å²) in [6.07, 6.45) is 0. The molecule has 5 heteroatoms. The molecule has 1 N–H and O–H groups in total. The molecule has 1 aromatic carbocycles. The van der Waals surface area contributed by atoms with Crippen molar-refractivity contribution in [3.05, 3.63) is 29.8 Å². The average Bonchev–Trinajstić information content (AvgIpc) is 2.58. The zero-order valence-corrected chi connectivity index (χ0v) is 9.88. The monoisotopic (exact) mass is 236 g/mol. The highest BCUT2D eigenvalue weighted by Crippen LogP contribution is 2.26. The fourth-order valence-electron chi connectivity index (χ4n) is 1.52. The van der Waals surface area contributed by atoms with E-state index in [1.807, 2.05) is 31.2 Å². The van der Waals surface area contributed by atoms with Crippen LogP contribution in [0.5, 0.6) is 0 Å². The van der Waals surface area contributed by atoms with Gasteiger partial charge in [-0.05, 0) is 30.8 Å². The van der Waals surface area contributed by atoms with Gasteiger partial charge in [-0.1, -0.05) is 17.7 Å². The van der Waals surface area contributed by atoms with E-state index in [0.717, 1.165) is 23.0 Å². The molecular formula is C11H12N2O2S. The van der Waals surface area contributed by atoms with Crippen molar-refractivity contribution in [3.8, 4) is 0 Å². The fourth-order valence-corrected chi connectivity index (χ4v) is 2.33. The number of likely N-dealkylation sites (N-methyl/N-ethyl adjacent to an activating group) is 1. The highest BCUT2D eigenvalue weighted by Gasteiger charge is 2.34. The SMILES string of the molecule is Cc1ccc(N(C)[C@@H]2SC(=O)NC2=O)cc1. The first-order chi connectivity index (χ1) is 7.58. The second kappa shape index (κ2) is 4.17. The van der Waals surface area contributed by atoms with E-state index in [9.17, 15) is 9.59 Å². The summed E-state index contributed by atoms with van der Waals surface area (Å²) in [4.78, 5) is 24.3. The quantitative estimate of drug-likeness (QED) is 0.849. The zero-order valence-electron chi connectivity index (χ0n) is 9.06. The topological polar surface area (TPSA) is 49.4 Å². The maximum absolute atomic E-state index is 11.5. The van der Waals surface area contributed by atoms with Gasteiger partial charge in [0.25, 0.3) is 11.1 Å². The number of nitrogens with zero attached hydrogens (tertiary/aromatic N) is 1. The van der Waals surface area contributed by atoms with Crippen LogP contribution < -0.4 is 10.2 Å². The number of imide groups is 1. The number of thioether (sulfide) groups is 1. The van der Waals surface area contributed by atoms with Gasteiger partial charge in [-0.3, -0.25) is 14.9 Å². The number of rotatable bonds is 2. The molecule has 4 nitrogen and oxygen atoms in total. The molecule has 0 radical (unpaired) electrons. The Morgan fingerprint density at radius 1 is 1.25 bits per heavy atom. The largest absolute Gasteiger partial charge is 0.354 e. The summed E-state index contributed by atoms with van der Waals surface area (Å²) >= 11 is 1.01. The van der Waals surface area contributed by atoms with Crippen LogP contribution >= 0.6 is 11.8 Å². The van der Waals surface area contributed by atoms with Crippen molar-refractivity contribution in [2.45, 2.75) is 12.3 Å². The van der Waals surface area contributed by atoms with Gasteiger partial charge in [0.15, 0.2) is 5.37 Å². The molecule has 2 amide bonds. The van der Waals surface area contributed by atoms with Gasteiger partial charge >= 0.3 is 0 Å².